The molecular formula is C30H33FN6O3S. The van der Waals surface area contributed by atoms with Crippen molar-refractivity contribution in [1.82, 2.24) is 23.8 Å². The maximum absolute atomic E-state index is 15.0. The van der Waals surface area contributed by atoms with Gasteiger partial charge >= 0.3 is 0 Å². The minimum absolute atomic E-state index is 0.101. The van der Waals surface area contributed by atoms with E-state index in [-0.39, 0.29) is 11.7 Å². The van der Waals surface area contributed by atoms with Crippen molar-refractivity contribution in [2.24, 2.45) is 0 Å². The Morgan fingerprint density at radius 1 is 1.00 bits per heavy atom. The van der Waals surface area contributed by atoms with Gasteiger partial charge in [0.2, 0.25) is 16.0 Å². The maximum atomic E-state index is 15.0. The first-order chi connectivity index (χ1) is 19.6. The van der Waals surface area contributed by atoms with E-state index in [4.69, 9.17) is 15.5 Å². The Morgan fingerprint density at radius 3 is 2.41 bits per heavy atom. The van der Waals surface area contributed by atoms with Crippen molar-refractivity contribution in [2.75, 3.05) is 33.0 Å². The Hall–Kier alpha value is -4.22. The highest BCUT2D eigenvalue weighted by Crippen LogP contribution is 2.36. The van der Waals surface area contributed by atoms with Gasteiger partial charge in [-0.3, -0.25) is 0 Å². The number of benzene rings is 3. The second kappa shape index (κ2) is 11.3. The molecule has 0 amide bonds. The third kappa shape index (κ3) is 5.68. The third-order valence-corrected chi connectivity index (χ3v) is 8.82. The second-order valence-electron chi connectivity index (χ2n) is 10.4. The molecule has 0 unspecified atom stereocenters. The Balaban J connectivity index is 1.58. The number of hydrogen-bond acceptors (Lipinski definition) is 7. The number of fused-ring (bicyclic) bond motifs is 1. The molecule has 9 nitrogen and oxygen atoms in total. The van der Waals surface area contributed by atoms with Crippen molar-refractivity contribution in [1.29, 1.82) is 0 Å². The molecule has 0 aliphatic rings. The van der Waals surface area contributed by atoms with Crippen molar-refractivity contribution < 1.29 is 17.5 Å². The van der Waals surface area contributed by atoms with Gasteiger partial charge in [-0.25, -0.2) is 26.7 Å². The molecule has 2 aromatic heterocycles. The molecular weight excluding hydrogens is 543 g/mol. The number of halogens is 1. The fourth-order valence-electron chi connectivity index (χ4n) is 4.56. The molecule has 0 saturated carbocycles. The molecule has 2 heterocycles. The summed E-state index contributed by atoms with van der Waals surface area (Å²) in [5, 5.41) is -0.697. The lowest BCUT2D eigenvalue weighted by Crippen LogP contribution is -2.23. The van der Waals surface area contributed by atoms with Crippen LogP contribution < -0.4 is 10.5 Å². The van der Waals surface area contributed by atoms with Gasteiger partial charge in [-0.1, -0.05) is 36.4 Å². The summed E-state index contributed by atoms with van der Waals surface area (Å²) in [5.41, 5.74) is 10.2. The van der Waals surface area contributed by atoms with Gasteiger partial charge in [0.1, 0.15) is 5.82 Å². The van der Waals surface area contributed by atoms with E-state index < -0.39 is 21.1 Å². The molecule has 41 heavy (non-hydrogen) atoms. The number of nitrogens with zero attached hydrogens (tertiary/aromatic N) is 4. The van der Waals surface area contributed by atoms with Crippen LogP contribution in [0.5, 0.6) is 5.75 Å². The molecule has 3 N–H and O–H groups in total. The van der Waals surface area contributed by atoms with Crippen LogP contribution in [-0.4, -0.2) is 64.7 Å². The summed E-state index contributed by atoms with van der Waals surface area (Å²) < 4.78 is 47.9. The number of nitrogens with two attached hydrogens (primary N) is 1. The lowest BCUT2D eigenvalue weighted by Gasteiger charge is -2.11. The van der Waals surface area contributed by atoms with Crippen LogP contribution in [0.4, 0.5) is 10.3 Å². The number of hydrogen-bond donors (Lipinski definition) is 2. The first kappa shape index (κ1) is 28.3. The zero-order chi connectivity index (χ0) is 29.3. The highest BCUT2D eigenvalue weighted by Gasteiger charge is 2.25. The van der Waals surface area contributed by atoms with E-state index in [1.165, 1.54) is 6.07 Å². The fourth-order valence-corrected chi connectivity index (χ4v) is 5.70. The molecule has 11 heteroatoms. The van der Waals surface area contributed by atoms with E-state index in [2.05, 4.69) is 9.97 Å². The summed E-state index contributed by atoms with van der Waals surface area (Å²) in [6.45, 7) is 4.45. The molecule has 214 valence electrons. The van der Waals surface area contributed by atoms with Crippen LogP contribution >= 0.6 is 0 Å². The molecule has 5 aromatic rings. The van der Waals surface area contributed by atoms with Crippen molar-refractivity contribution >= 4 is 27.0 Å². The van der Waals surface area contributed by atoms with Gasteiger partial charge in [0.05, 0.1) is 34.3 Å². The van der Waals surface area contributed by atoms with Gasteiger partial charge in [0, 0.05) is 23.2 Å². The summed E-state index contributed by atoms with van der Waals surface area (Å²) in [4.78, 5) is 14.5. The van der Waals surface area contributed by atoms with E-state index >= 15 is 4.39 Å². The van der Waals surface area contributed by atoms with Crippen LogP contribution in [0, 0.1) is 5.82 Å². The number of aromatic nitrogens is 4. The zero-order valence-electron chi connectivity index (χ0n) is 23.4. The average Bonchev–Trinajstić information content (AvgIpc) is 3.53. The first-order valence-electron chi connectivity index (χ1n) is 13.3. The molecule has 0 bridgehead atoms. The van der Waals surface area contributed by atoms with Gasteiger partial charge < -0.3 is 20.4 Å². The highest BCUT2D eigenvalue weighted by atomic mass is 32.2. The number of nitrogens with one attached hydrogen (secondary N) is 1. The van der Waals surface area contributed by atoms with Crippen molar-refractivity contribution in [3.05, 3.63) is 72.5 Å². The predicted octanol–water partition coefficient (Wildman–Crippen LogP) is 5.40. The molecule has 0 fully saturated rings. The summed E-state index contributed by atoms with van der Waals surface area (Å²) in [5.74, 6) is 0.0627. The Bertz CT molecular complexity index is 1800. The molecule has 0 saturated heterocycles. The maximum Gasteiger partial charge on any atom is 0.244 e. The van der Waals surface area contributed by atoms with E-state index in [9.17, 15) is 8.42 Å². The molecule has 0 aliphatic carbocycles. The number of anilines is 1. The minimum Gasteiger partial charge on any atom is -0.490 e. The number of H-pyrrole nitrogens is 1. The van der Waals surface area contributed by atoms with Crippen LogP contribution in [0.3, 0.4) is 0 Å². The number of nitrogen functional groups attached to an aromatic ring is 1. The normalized spacial score (nSPS) is 12.1. The van der Waals surface area contributed by atoms with Crippen LogP contribution in [0.1, 0.15) is 20.3 Å². The smallest absolute Gasteiger partial charge is 0.244 e. The monoisotopic (exact) mass is 576 g/mol. The number of aromatic amines is 1. The van der Waals surface area contributed by atoms with Gasteiger partial charge in [-0.2, -0.15) is 0 Å². The van der Waals surface area contributed by atoms with E-state index in [0.717, 1.165) is 22.5 Å². The molecule has 5 rings (SSSR count). The topological polar surface area (TPSA) is 119 Å². The van der Waals surface area contributed by atoms with Crippen LogP contribution in [0.15, 0.2) is 66.7 Å². The van der Waals surface area contributed by atoms with Crippen LogP contribution in [-0.2, 0) is 10.0 Å². The number of rotatable bonds is 10. The van der Waals surface area contributed by atoms with Gasteiger partial charge in [-0.05, 0) is 64.7 Å². The summed E-state index contributed by atoms with van der Waals surface area (Å²) >= 11 is 0. The largest absolute Gasteiger partial charge is 0.490 e. The van der Waals surface area contributed by atoms with Gasteiger partial charge in [0.15, 0.2) is 11.6 Å². The Labute approximate surface area is 238 Å². The minimum atomic E-state index is -3.77. The molecule has 3 aromatic carbocycles. The predicted molar refractivity (Wildman–Crippen MR) is 161 cm³/mol. The van der Waals surface area contributed by atoms with Crippen LogP contribution in [0.2, 0.25) is 0 Å². The Kier molecular flexibility index (Phi) is 7.83. The van der Waals surface area contributed by atoms with E-state index in [1.807, 2.05) is 55.4 Å². The van der Waals surface area contributed by atoms with Crippen molar-refractivity contribution in [3.8, 4) is 39.7 Å². The van der Waals surface area contributed by atoms with Gasteiger partial charge in [0.25, 0.3) is 0 Å². The Morgan fingerprint density at radius 2 is 1.73 bits per heavy atom. The summed E-state index contributed by atoms with van der Waals surface area (Å²) in [6.07, 6.45) is 0.781. The lowest BCUT2D eigenvalue weighted by molar-refractivity contribution is 0.271. The molecule has 0 spiro atoms. The van der Waals surface area contributed by atoms with Crippen LogP contribution in [0.25, 0.3) is 44.9 Å². The number of imidazole rings is 2. The van der Waals surface area contributed by atoms with Gasteiger partial charge in [-0.15, -0.1) is 0 Å². The van der Waals surface area contributed by atoms with E-state index in [0.29, 0.717) is 46.0 Å². The molecule has 0 aliphatic heterocycles. The first-order valence-corrected chi connectivity index (χ1v) is 14.8. The SMILES string of the molecule is CC(C)S(=O)(=O)n1c(N)nc2ccc(-c3nc(-c4ccc(OCCCN(C)C)c(F)c4)[nH]c3-c3ccccc3)cc21. The summed E-state index contributed by atoms with van der Waals surface area (Å²) in [6, 6.07) is 19.6. The summed E-state index contributed by atoms with van der Waals surface area (Å²) in [7, 11) is 0.190. The quantitative estimate of drug-likeness (QED) is 0.214. The van der Waals surface area contributed by atoms with Crippen molar-refractivity contribution in [2.45, 2.75) is 25.5 Å². The number of ether oxygens (including phenoxy) is 1. The fraction of sp³-hybridized carbons (Fsp3) is 0.267. The average molecular weight is 577 g/mol. The lowest BCUT2D eigenvalue weighted by atomic mass is 10.0. The molecule has 0 atom stereocenters. The second-order valence-corrected chi connectivity index (χ2v) is 12.7. The van der Waals surface area contributed by atoms with Crippen molar-refractivity contribution in [3.63, 3.8) is 0 Å². The standard InChI is InChI=1S/C30H33FN6O3S/c1-19(2)41(38,39)37-25-18-21(11-13-24(25)33-30(37)32)28-27(20-9-6-5-7-10-20)34-29(35-28)22-12-14-26(23(31)17-22)40-16-8-15-36(3)4/h5-7,9-14,17-19H,8,15-16H2,1-4H3,(H2,32,33)(H,34,35). The molecule has 0 radical (unpaired) electrons. The van der Waals surface area contributed by atoms with E-state index in [1.54, 1.807) is 38.1 Å². The zero-order valence-corrected chi connectivity index (χ0v) is 24.2. The third-order valence-electron chi connectivity index (χ3n) is 6.74. The highest BCUT2D eigenvalue weighted by molar-refractivity contribution is 7.90.